The monoisotopic (exact) mass is 346 g/mol. The first-order chi connectivity index (χ1) is 12.0. The molecule has 138 valence electrons. The second-order valence-electron chi connectivity index (χ2n) is 7.48. The molecule has 2 aliphatic rings. The van der Waals surface area contributed by atoms with Crippen molar-refractivity contribution in [3.8, 4) is 0 Å². The highest BCUT2D eigenvalue weighted by Gasteiger charge is 2.34. The number of benzene rings is 1. The van der Waals surface area contributed by atoms with Gasteiger partial charge in [-0.25, -0.2) is 4.79 Å². The standard InChI is InChI=1S/C19H30N4O2/c1-22-11-13-23(14-12-22)10-7-16-3-5-17(6-4-16)21-18(24)20-15-19(25)8-2-9-19/h3-6,25H,2,7-15H2,1H3,(H2,20,21,24). The molecule has 3 rings (SSSR count). The zero-order valence-electron chi connectivity index (χ0n) is 15.1. The van der Waals surface area contributed by atoms with Crippen LogP contribution < -0.4 is 10.6 Å². The van der Waals surface area contributed by atoms with E-state index in [4.69, 9.17) is 0 Å². The lowest BCUT2D eigenvalue weighted by molar-refractivity contribution is -0.0287. The quantitative estimate of drug-likeness (QED) is 0.730. The van der Waals surface area contributed by atoms with Gasteiger partial charge in [0.25, 0.3) is 0 Å². The normalized spacial score (nSPS) is 20.7. The molecule has 0 spiro atoms. The third-order valence-corrected chi connectivity index (χ3v) is 5.39. The number of hydrogen-bond acceptors (Lipinski definition) is 4. The summed E-state index contributed by atoms with van der Waals surface area (Å²) in [5.41, 5.74) is 1.37. The largest absolute Gasteiger partial charge is 0.388 e. The summed E-state index contributed by atoms with van der Waals surface area (Å²) in [4.78, 5) is 16.8. The van der Waals surface area contributed by atoms with Crippen molar-refractivity contribution in [3.63, 3.8) is 0 Å². The molecule has 25 heavy (non-hydrogen) atoms. The molecule has 2 fully saturated rings. The average molecular weight is 346 g/mol. The van der Waals surface area contributed by atoms with Crippen molar-refractivity contribution in [1.82, 2.24) is 15.1 Å². The van der Waals surface area contributed by atoms with E-state index in [0.717, 1.165) is 64.1 Å². The summed E-state index contributed by atoms with van der Waals surface area (Å²) in [6.07, 6.45) is 3.61. The van der Waals surface area contributed by atoms with Crippen LogP contribution in [0.3, 0.4) is 0 Å². The maximum atomic E-state index is 11.9. The molecule has 1 aromatic carbocycles. The Morgan fingerprint density at radius 2 is 1.84 bits per heavy atom. The molecule has 1 aromatic rings. The van der Waals surface area contributed by atoms with Crippen LogP contribution in [0.1, 0.15) is 24.8 Å². The highest BCUT2D eigenvalue weighted by Crippen LogP contribution is 2.30. The van der Waals surface area contributed by atoms with Gasteiger partial charge in [0.05, 0.1) is 5.60 Å². The Morgan fingerprint density at radius 3 is 2.44 bits per heavy atom. The van der Waals surface area contributed by atoms with Crippen molar-refractivity contribution in [1.29, 1.82) is 0 Å². The zero-order chi connectivity index (χ0) is 17.7. The van der Waals surface area contributed by atoms with Gasteiger partial charge in [-0.05, 0) is 50.4 Å². The molecule has 2 amide bonds. The molecule has 1 saturated heterocycles. The van der Waals surface area contributed by atoms with Crippen molar-refractivity contribution in [3.05, 3.63) is 29.8 Å². The number of carbonyl (C=O) groups excluding carboxylic acids is 1. The summed E-state index contributed by atoms with van der Waals surface area (Å²) in [6.45, 7) is 5.98. The smallest absolute Gasteiger partial charge is 0.319 e. The molecule has 1 aliphatic heterocycles. The lowest BCUT2D eigenvalue weighted by Gasteiger charge is -2.36. The number of anilines is 1. The number of nitrogens with one attached hydrogen (secondary N) is 2. The van der Waals surface area contributed by atoms with E-state index in [0.29, 0.717) is 6.54 Å². The van der Waals surface area contributed by atoms with Crippen LogP contribution in [0, 0.1) is 0 Å². The van der Waals surface area contributed by atoms with Crippen molar-refractivity contribution in [2.24, 2.45) is 0 Å². The number of rotatable bonds is 6. The Morgan fingerprint density at radius 1 is 1.16 bits per heavy atom. The summed E-state index contributed by atoms with van der Waals surface area (Å²) in [7, 11) is 2.17. The molecule has 0 bridgehead atoms. The molecule has 1 heterocycles. The van der Waals surface area contributed by atoms with E-state index in [2.05, 4.69) is 39.6 Å². The van der Waals surface area contributed by atoms with Gasteiger partial charge in [0, 0.05) is 45.0 Å². The molecule has 1 saturated carbocycles. The van der Waals surface area contributed by atoms with Crippen molar-refractivity contribution in [2.45, 2.75) is 31.3 Å². The topological polar surface area (TPSA) is 67.8 Å². The predicted octanol–water partition coefficient (Wildman–Crippen LogP) is 1.51. The van der Waals surface area contributed by atoms with Gasteiger partial charge >= 0.3 is 6.03 Å². The SMILES string of the molecule is CN1CCN(CCc2ccc(NC(=O)NCC3(O)CCC3)cc2)CC1. The zero-order valence-corrected chi connectivity index (χ0v) is 15.1. The Hall–Kier alpha value is -1.63. The molecule has 0 radical (unpaired) electrons. The second-order valence-corrected chi connectivity index (χ2v) is 7.48. The molecule has 3 N–H and O–H groups in total. The summed E-state index contributed by atoms with van der Waals surface area (Å²) in [6, 6.07) is 7.77. The maximum absolute atomic E-state index is 11.9. The third-order valence-electron chi connectivity index (χ3n) is 5.39. The molecule has 0 unspecified atom stereocenters. The third kappa shape index (κ3) is 5.42. The molecular formula is C19H30N4O2. The summed E-state index contributed by atoms with van der Waals surface area (Å²) >= 11 is 0. The van der Waals surface area contributed by atoms with Crippen LogP contribution in [-0.2, 0) is 6.42 Å². The highest BCUT2D eigenvalue weighted by molar-refractivity contribution is 5.89. The number of nitrogens with zero attached hydrogens (tertiary/aromatic N) is 2. The van der Waals surface area contributed by atoms with Crippen molar-refractivity contribution >= 4 is 11.7 Å². The van der Waals surface area contributed by atoms with Gasteiger partial charge in [-0.15, -0.1) is 0 Å². The van der Waals surface area contributed by atoms with E-state index in [9.17, 15) is 9.90 Å². The maximum Gasteiger partial charge on any atom is 0.319 e. The minimum atomic E-state index is -0.690. The van der Waals surface area contributed by atoms with Crippen LogP contribution in [0.2, 0.25) is 0 Å². The predicted molar refractivity (Wildman–Crippen MR) is 99.9 cm³/mol. The number of likely N-dealkylation sites (N-methyl/N-ethyl adjacent to an activating group) is 1. The van der Waals surface area contributed by atoms with Gasteiger partial charge in [0.15, 0.2) is 0 Å². The van der Waals surface area contributed by atoms with E-state index >= 15 is 0 Å². The van der Waals surface area contributed by atoms with Crippen molar-refractivity contribution < 1.29 is 9.90 Å². The Balaban J connectivity index is 1.38. The van der Waals surface area contributed by atoms with E-state index < -0.39 is 5.60 Å². The fourth-order valence-electron chi connectivity index (χ4n) is 3.30. The molecule has 1 aliphatic carbocycles. The van der Waals surface area contributed by atoms with Crippen LogP contribution >= 0.6 is 0 Å². The van der Waals surface area contributed by atoms with Crippen molar-refractivity contribution in [2.75, 3.05) is 51.6 Å². The first-order valence-corrected chi connectivity index (χ1v) is 9.30. The fraction of sp³-hybridized carbons (Fsp3) is 0.632. The van der Waals surface area contributed by atoms with Gasteiger partial charge in [-0.2, -0.15) is 0 Å². The molecule has 6 nitrogen and oxygen atoms in total. The van der Waals surface area contributed by atoms with Crippen LogP contribution in [0.25, 0.3) is 0 Å². The van der Waals surface area contributed by atoms with E-state index in [1.165, 1.54) is 5.56 Å². The Labute approximate surface area is 150 Å². The summed E-state index contributed by atoms with van der Waals surface area (Å²) < 4.78 is 0. The Kier molecular flexibility index (Phi) is 5.93. The van der Waals surface area contributed by atoms with Gasteiger partial charge in [-0.1, -0.05) is 12.1 Å². The molecule has 6 heteroatoms. The Bertz CT molecular complexity index is 563. The second kappa shape index (κ2) is 8.17. The summed E-state index contributed by atoms with van der Waals surface area (Å²) in [5, 5.41) is 15.6. The average Bonchev–Trinajstić information content (AvgIpc) is 2.59. The number of aliphatic hydroxyl groups is 1. The van der Waals surface area contributed by atoms with E-state index in [1.807, 2.05) is 12.1 Å². The highest BCUT2D eigenvalue weighted by atomic mass is 16.3. The van der Waals surface area contributed by atoms with Crippen LogP contribution in [0.4, 0.5) is 10.5 Å². The van der Waals surface area contributed by atoms with Gasteiger partial charge < -0.3 is 25.5 Å². The molecule has 0 aromatic heterocycles. The van der Waals surface area contributed by atoms with Crippen LogP contribution in [0.15, 0.2) is 24.3 Å². The number of amides is 2. The lowest BCUT2D eigenvalue weighted by Crippen LogP contribution is -2.48. The van der Waals surface area contributed by atoms with Gasteiger partial charge in [-0.3, -0.25) is 0 Å². The molecular weight excluding hydrogens is 316 g/mol. The number of hydrogen-bond donors (Lipinski definition) is 3. The van der Waals surface area contributed by atoms with Gasteiger partial charge in [0.1, 0.15) is 0 Å². The first-order valence-electron chi connectivity index (χ1n) is 9.30. The number of urea groups is 1. The van der Waals surface area contributed by atoms with Crippen LogP contribution in [0.5, 0.6) is 0 Å². The molecule has 0 atom stereocenters. The number of carbonyl (C=O) groups is 1. The minimum absolute atomic E-state index is 0.259. The fourth-order valence-corrected chi connectivity index (χ4v) is 3.30. The minimum Gasteiger partial charge on any atom is -0.388 e. The number of piperazine rings is 1. The van der Waals surface area contributed by atoms with Gasteiger partial charge in [0.2, 0.25) is 0 Å². The summed E-state index contributed by atoms with van der Waals surface area (Å²) in [5.74, 6) is 0. The first kappa shape index (κ1) is 18.2. The lowest BCUT2D eigenvalue weighted by atomic mass is 9.80. The van der Waals surface area contributed by atoms with Crippen LogP contribution in [-0.4, -0.2) is 72.9 Å². The van der Waals surface area contributed by atoms with E-state index in [1.54, 1.807) is 0 Å². The van der Waals surface area contributed by atoms with E-state index in [-0.39, 0.29) is 6.03 Å².